The fourth-order valence-corrected chi connectivity index (χ4v) is 6.79. The molecule has 4 aromatic rings. The van der Waals surface area contributed by atoms with Crippen LogP contribution in [-0.2, 0) is 11.4 Å². The second-order valence-electron chi connectivity index (χ2n) is 7.97. The number of carbonyl (C=O) groups excluding carboxylic acids is 1. The maximum Gasteiger partial charge on any atom is 0.282 e. The van der Waals surface area contributed by atoms with Gasteiger partial charge in [-0.1, -0.05) is 58.4 Å². The maximum absolute atomic E-state index is 13.3. The van der Waals surface area contributed by atoms with Crippen molar-refractivity contribution in [1.29, 1.82) is 0 Å². The zero-order chi connectivity index (χ0) is 25.2. The topological polar surface area (TPSA) is 54.8 Å². The van der Waals surface area contributed by atoms with Crippen LogP contribution in [0.25, 0.3) is 17.3 Å². The smallest absolute Gasteiger partial charge is 0.282 e. The Morgan fingerprint density at radius 2 is 1.75 bits per heavy atom. The number of nitrogens with zero attached hydrogens (tertiary/aromatic N) is 3. The largest absolute Gasteiger partial charge is 0.487 e. The van der Waals surface area contributed by atoms with Gasteiger partial charge in [0.05, 0.1) is 24.1 Å². The number of amides is 1. The summed E-state index contributed by atoms with van der Waals surface area (Å²) < 4.78 is 9.12. The van der Waals surface area contributed by atoms with Gasteiger partial charge in [0.2, 0.25) is 5.13 Å². The van der Waals surface area contributed by atoms with E-state index in [4.69, 9.17) is 4.74 Å². The number of hydrogen-bond donors (Lipinski definition) is 0. The molecule has 1 aromatic heterocycles. The fraction of sp³-hybridized carbons (Fsp3) is 0.0741. The first-order chi connectivity index (χ1) is 17.4. The molecule has 5 nitrogen and oxygen atoms in total. The third-order valence-corrected chi connectivity index (χ3v) is 8.38. The summed E-state index contributed by atoms with van der Waals surface area (Å²) in [5.41, 5.74) is 5.07. The lowest BCUT2D eigenvalue weighted by Crippen LogP contribution is -2.21. The molecule has 180 valence electrons. The Balaban J connectivity index is 1.35. The molecular formula is C27H18BrI2N3O2S. The van der Waals surface area contributed by atoms with E-state index in [-0.39, 0.29) is 5.91 Å². The van der Waals surface area contributed by atoms with Crippen molar-refractivity contribution in [2.45, 2.75) is 13.5 Å². The van der Waals surface area contributed by atoms with Crippen LogP contribution < -0.4 is 9.75 Å². The summed E-state index contributed by atoms with van der Waals surface area (Å²) in [6, 6.07) is 22.0. The van der Waals surface area contributed by atoms with Crippen LogP contribution in [0, 0.1) is 7.14 Å². The number of carbonyl (C=O) groups is 1. The summed E-state index contributed by atoms with van der Waals surface area (Å²) in [5.74, 6) is 0.657. The average molecular weight is 782 g/mol. The van der Waals surface area contributed by atoms with Crippen molar-refractivity contribution in [3.63, 3.8) is 0 Å². The molecule has 0 radical (unpaired) electrons. The lowest BCUT2D eigenvalue weighted by molar-refractivity contribution is -0.114. The molecule has 1 aliphatic rings. The normalized spacial score (nSPS) is 14.4. The quantitative estimate of drug-likeness (QED) is 0.147. The highest BCUT2D eigenvalue weighted by Crippen LogP contribution is 2.33. The zero-order valence-corrected chi connectivity index (χ0v) is 25.6. The van der Waals surface area contributed by atoms with E-state index >= 15 is 0 Å². The molecule has 0 fully saturated rings. The van der Waals surface area contributed by atoms with Gasteiger partial charge in [-0.2, -0.15) is 10.1 Å². The van der Waals surface area contributed by atoms with Crippen LogP contribution in [0.3, 0.4) is 0 Å². The molecule has 2 heterocycles. The average Bonchev–Trinajstić information content (AvgIpc) is 3.46. The number of ether oxygens (including phenoxy) is 1. The van der Waals surface area contributed by atoms with Gasteiger partial charge in [0.25, 0.3) is 5.91 Å². The number of hydrogen-bond acceptors (Lipinski definition) is 5. The van der Waals surface area contributed by atoms with Crippen LogP contribution in [0.15, 0.2) is 87.3 Å². The summed E-state index contributed by atoms with van der Waals surface area (Å²) in [7, 11) is 0. The van der Waals surface area contributed by atoms with Crippen molar-refractivity contribution in [3.8, 4) is 17.0 Å². The molecule has 0 bridgehead atoms. The number of anilines is 1. The van der Waals surface area contributed by atoms with E-state index in [9.17, 15) is 4.79 Å². The van der Waals surface area contributed by atoms with Gasteiger partial charge in [0.15, 0.2) is 0 Å². The van der Waals surface area contributed by atoms with Gasteiger partial charge in [0, 0.05) is 15.4 Å². The molecule has 36 heavy (non-hydrogen) atoms. The highest BCUT2D eigenvalue weighted by Gasteiger charge is 2.31. The Hall–Kier alpha value is -2.09. The minimum atomic E-state index is -0.179. The minimum absolute atomic E-state index is 0.179. The van der Waals surface area contributed by atoms with Gasteiger partial charge in [-0.05, 0) is 93.6 Å². The van der Waals surface area contributed by atoms with E-state index in [1.807, 2.05) is 85.1 Å². The summed E-state index contributed by atoms with van der Waals surface area (Å²) >= 11 is 9.42. The predicted molar refractivity (Wildman–Crippen MR) is 166 cm³/mol. The van der Waals surface area contributed by atoms with Gasteiger partial charge < -0.3 is 4.74 Å². The molecule has 5 rings (SSSR count). The van der Waals surface area contributed by atoms with Crippen molar-refractivity contribution < 1.29 is 9.53 Å². The monoisotopic (exact) mass is 781 g/mol. The highest BCUT2D eigenvalue weighted by atomic mass is 127. The number of aromatic nitrogens is 1. The van der Waals surface area contributed by atoms with Crippen LogP contribution in [0.1, 0.15) is 18.1 Å². The second-order valence-corrected chi connectivity index (χ2v) is 12.0. The third kappa shape index (κ3) is 5.58. The van der Waals surface area contributed by atoms with Crippen LogP contribution in [-0.4, -0.2) is 16.6 Å². The summed E-state index contributed by atoms with van der Waals surface area (Å²) in [6.45, 7) is 2.33. The molecule has 3 aromatic carbocycles. The van der Waals surface area contributed by atoms with Gasteiger partial charge >= 0.3 is 0 Å². The molecule has 0 atom stereocenters. The van der Waals surface area contributed by atoms with Crippen LogP contribution in [0.4, 0.5) is 5.13 Å². The lowest BCUT2D eigenvalue weighted by Gasteiger charge is -2.12. The first kappa shape index (κ1) is 25.6. The molecule has 1 amide bonds. The Kier molecular flexibility index (Phi) is 7.89. The van der Waals surface area contributed by atoms with Crippen molar-refractivity contribution in [3.05, 3.63) is 100 Å². The number of thiazole rings is 1. The minimum Gasteiger partial charge on any atom is -0.487 e. The zero-order valence-electron chi connectivity index (χ0n) is 18.9. The Morgan fingerprint density at radius 1 is 1.06 bits per heavy atom. The van der Waals surface area contributed by atoms with E-state index < -0.39 is 0 Å². The number of hydrazone groups is 1. The van der Waals surface area contributed by atoms with Gasteiger partial charge in [-0.3, -0.25) is 4.79 Å². The van der Waals surface area contributed by atoms with Gasteiger partial charge in [-0.15, -0.1) is 11.3 Å². The van der Waals surface area contributed by atoms with Crippen LogP contribution in [0.2, 0.25) is 0 Å². The van der Waals surface area contributed by atoms with Gasteiger partial charge in [-0.25, -0.2) is 4.98 Å². The molecule has 1 aliphatic heterocycles. The molecule has 0 aliphatic carbocycles. The Morgan fingerprint density at radius 3 is 2.44 bits per heavy atom. The summed E-state index contributed by atoms with van der Waals surface area (Å²) in [4.78, 5) is 17.9. The van der Waals surface area contributed by atoms with E-state index in [1.165, 1.54) is 16.3 Å². The molecule has 0 saturated carbocycles. The fourth-order valence-electron chi connectivity index (χ4n) is 3.62. The van der Waals surface area contributed by atoms with Gasteiger partial charge in [0.1, 0.15) is 12.4 Å². The van der Waals surface area contributed by atoms with E-state index in [0.717, 1.165) is 39.7 Å². The molecule has 0 N–H and O–H groups in total. The number of benzene rings is 3. The van der Waals surface area contributed by atoms with Crippen LogP contribution in [0.5, 0.6) is 5.75 Å². The lowest BCUT2D eigenvalue weighted by atomic mass is 10.1. The molecule has 0 spiro atoms. The number of halogens is 3. The van der Waals surface area contributed by atoms with E-state index in [2.05, 4.69) is 71.2 Å². The first-order valence-corrected chi connectivity index (χ1v) is 14.7. The first-order valence-electron chi connectivity index (χ1n) is 10.9. The van der Waals surface area contributed by atoms with Crippen molar-refractivity contribution >= 4 is 95.3 Å². The predicted octanol–water partition coefficient (Wildman–Crippen LogP) is 8.17. The third-order valence-electron chi connectivity index (χ3n) is 5.43. The highest BCUT2D eigenvalue weighted by molar-refractivity contribution is 14.1. The Labute approximate surface area is 248 Å². The standard InChI is InChI=1S/C27H18BrI2N3O2S/c1-16-21(26(34)33(32-16)27-31-24(15-36-27)19-5-3-2-4-6-19)11-18-12-22(29)25(23(30)13-18)35-14-17-7-9-20(28)10-8-17/h2-13,15H,14H2,1H3. The Bertz CT molecular complexity index is 1480. The van der Waals surface area contributed by atoms with Crippen molar-refractivity contribution in [2.24, 2.45) is 5.10 Å². The molecule has 0 unspecified atom stereocenters. The summed E-state index contributed by atoms with van der Waals surface area (Å²) in [6.07, 6.45) is 1.88. The molecule has 0 saturated heterocycles. The molecule has 9 heteroatoms. The SMILES string of the molecule is CC1=NN(c2nc(-c3ccccc3)cs2)C(=O)C1=Cc1cc(I)c(OCc2ccc(Br)cc2)c(I)c1. The second kappa shape index (κ2) is 11.1. The number of rotatable bonds is 6. The molecular weight excluding hydrogens is 764 g/mol. The maximum atomic E-state index is 13.3. The van der Waals surface area contributed by atoms with Crippen LogP contribution >= 0.6 is 72.4 Å². The van der Waals surface area contributed by atoms with Crippen molar-refractivity contribution in [2.75, 3.05) is 5.01 Å². The van der Waals surface area contributed by atoms with Crippen molar-refractivity contribution in [1.82, 2.24) is 4.98 Å². The summed E-state index contributed by atoms with van der Waals surface area (Å²) in [5, 5.41) is 8.40. The van der Waals surface area contributed by atoms with E-state index in [1.54, 1.807) is 0 Å². The van der Waals surface area contributed by atoms with E-state index in [0.29, 0.717) is 23.0 Å².